The van der Waals surface area contributed by atoms with E-state index in [0.29, 0.717) is 36.2 Å². The largest absolute Gasteiger partial charge is 0.396 e. The van der Waals surface area contributed by atoms with Gasteiger partial charge in [-0.2, -0.15) is 9.78 Å². The first kappa shape index (κ1) is 32.5. The average molecular weight is 669 g/mol. The molecule has 0 saturated carbocycles. The van der Waals surface area contributed by atoms with Gasteiger partial charge < -0.3 is 10.0 Å². The lowest BCUT2D eigenvalue weighted by Crippen LogP contribution is -2.43. The van der Waals surface area contributed by atoms with Crippen molar-refractivity contribution >= 4 is 35.2 Å². The summed E-state index contributed by atoms with van der Waals surface area (Å²) in [5.41, 5.74) is 4.46. The Morgan fingerprint density at radius 1 is 1.12 bits per heavy atom. The maximum Gasteiger partial charge on any atom is 0.247 e. The van der Waals surface area contributed by atoms with Crippen LogP contribution in [0.2, 0.25) is 5.02 Å². The van der Waals surface area contributed by atoms with E-state index in [0.717, 1.165) is 16.7 Å². The maximum absolute atomic E-state index is 15.3. The fourth-order valence-electron chi connectivity index (χ4n) is 5.83. The summed E-state index contributed by atoms with van der Waals surface area (Å²) < 4.78 is 18.3. The number of halogens is 2. The Labute approximate surface area is 279 Å². The van der Waals surface area contributed by atoms with Crippen LogP contribution in [0, 0.1) is 5.82 Å². The maximum atomic E-state index is 15.3. The fourth-order valence-corrected chi connectivity index (χ4v) is 6.00. The van der Waals surface area contributed by atoms with E-state index in [1.54, 1.807) is 23.0 Å². The zero-order valence-corrected chi connectivity index (χ0v) is 26.6. The molecule has 0 saturated heterocycles. The van der Waals surface area contributed by atoms with Gasteiger partial charge in [-0.1, -0.05) is 29.8 Å². The Bertz CT molecular complexity index is 2010. The minimum Gasteiger partial charge on any atom is -0.396 e. The van der Waals surface area contributed by atoms with Gasteiger partial charge in [-0.3, -0.25) is 24.0 Å². The first-order valence-corrected chi connectivity index (χ1v) is 15.6. The second-order valence-corrected chi connectivity index (χ2v) is 11.7. The van der Waals surface area contributed by atoms with Gasteiger partial charge in [0.05, 0.1) is 23.3 Å². The van der Waals surface area contributed by atoms with E-state index in [9.17, 15) is 19.5 Å². The highest BCUT2D eigenvalue weighted by atomic mass is 35.5. The normalized spacial score (nSPS) is 14.3. The number of amides is 1. The molecule has 48 heavy (non-hydrogen) atoms. The van der Waals surface area contributed by atoms with Crippen LogP contribution in [0.3, 0.4) is 0 Å². The lowest BCUT2D eigenvalue weighted by Gasteiger charge is -2.37. The molecule has 0 aliphatic carbocycles. The Balaban J connectivity index is 1.37. The molecule has 0 spiro atoms. The highest BCUT2D eigenvalue weighted by molar-refractivity contribution is 6.31. The predicted molar refractivity (Wildman–Crippen MR) is 174 cm³/mol. The highest BCUT2D eigenvalue weighted by Crippen LogP contribution is 2.37. The molecule has 4 heterocycles. The van der Waals surface area contributed by atoms with E-state index in [2.05, 4.69) is 25.6 Å². The Kier molecular flexibility index (Phi) is 9.60. The summed E-state index contributed by atoms with van der Waals surface area (Å²) in [5.74, 6) is -1.69. The van der Waals surface area contributed by atoms with E-state index < -0.39 is 17.8 Å². The van der Waals surface area contributed by atoms with Gasteiger partial charge in [0.15, 0.2) is 17.4 Å². The Morgan fingerprint density at radius 3 is 2.71 bits per heavy atom. The molecular formula is C34H30ClFN8O4. The lowest BCUT2D eigenvalue weighted by molar-refractivity contribution is -0.136. The van der Waals surface area contributed by atoms with Gasteiger partial charge >= 0.3 is 0 Å². The second kappa shape index (κ2) is 14.2. The van der Waals surface area contributed by atoms with Gasteiger partial charge in [0, 0.05) is 60.6 Å². The number of tetrazole rings is 1. The van der Waals surface area contributed by atoms with Crippen LogP contribution in [0.25, 0.3) is 22.9 Å². The number of rotatable bonds is 11. The van der Waals surface area contributed by atoms with E-state index >= 15 is 4.39 Å². The molecule has 1 N–H and O–H groups in total. The number of hydrogen-bond acceptors (Lipinski definition) is 9. The molecule has 0 bridgehead atoms. The molecule has 0 radical (unpaired) electrons. The van der Waals surface area contributed by atoms with Crippen LogP contribution in [-0.4, -0.2) is 75.6 Å². The third kappa shape index (κ3) is 6.68. The van der Waals surface area contributed by atoms with Crippen molar-refractivity contribution in [2.45, 2.75) is 38.8 Å². The predicted octanol–water partition coefficient (Wildman–Crippen LogP) is 4.25. The van der Waals surface area contributed by atoms with Gasteiger partial charge in [0.2, 0.25) is 5.91 Å². The van der Waals surface area contributed by atoms with E-state index in [-0.39, 0.29) is 47.4 Å². The van der Waals surface area contributed by atoms with E-state index in [4.69, 9.17) is 11.6 Å². The van der Waals surface area contributed by atoms with Crippen molar-refractivity contribution < 1.29 is 23.9 Å². The van der Waals surface area contributed by atoms with Crippen LogP contribution in [0.5, 0.6) is 0 Å². The monoisotopic (exact) mass is 668 g/mol. The molecule has 12 nitrogen and oxygen atoms in total. The zero-order chi connectivity index (χ0) is 33.8. The first-order valence-electron chi connectivity index (χ1n) is 15.2. The summed E-state index contributed by atoms with van der Waals surface area (Å²) in [4.78, 5) is 45.6. The minimum absolute atomic E-state index is 0.00121. The lowest BCUT2D eigenvalue weighted by atomic mass is 9.84. The van der Waals surface area contributed by atoms with Crippen molar-refractivity contribution in [3.05, 3.63) is 112 Å². The number of carbonyl (C=O) groups excluding carboxylic acids is 3. The topological polar surface area (TPSA) is 149 Å². The zero-order valence-electron chi connectivity index (χ0n) is 25.8. The molecule has 2 aromatic carbocycles. The molecular weight excluding hydrogens is 639 g/mol. The summed E-state index contributed by atoms with van der Waals surface area (Å²) in [5, 5.41) is 24.5. The molecule has 3 aromatic heterocycles. The number of nitrogens with zero attached hydrogens (tertiary/aromatic N) is 8. The number of aromatic nitrogens is 7. The standard InChI is InChI=1S/C34H30ClFN8O4/c1-21(46)22-6-7-24(37-17-22)16-31(47)34-27-5-2-4-25(23-18-39-42(19-23)13-3-15-45)26(27)12-14-43(34)32(48)11-8-28-30(44-20-38-40-41-44)10-9-29(35)33(28)36/h2,4-11,17-20,34,45H,3,12-16H2,1H3/b11-8+. The SMILES string of the molecule is CC(=O)c1ccc(CC(=O)C2c3cccc(-c4cnn(CCCO)c4)c3CCN2C(=O)/C=C/c2c(-n3cnnn3)ccc(Cl)c2F)nc1. The number of Topliss-reactive ketones (excluding diaryl/α,β-unsaturated/α-hetero) is 2. The molecule has 14 heteroatoms. The number of pyridine rings is 1. The van der Waals surface area contributed by atoms with Crippen molar-refractivity contribution in [2.75, 3.05) is 13.2 Å². The van der Waals surface area contributed by atoms with Crippen molar-refractivity contribution in [2.24, 2.45) is 0 Å². The first-order chi connectivity index (χ1) is 23.2. The minimum atomic E-state index is -0.979. The summed E-state index contributed by atoms with van der Waals surface area (Å²) in [6.45, 7) is 2.25. The van der Waals surface area contributed by atoms with Gasteiger partial charge in [-0.05, 0) is 77.2 Å². The third-order valence-electron chi connectivity index (χ3n) is 8.18. The van der Waals surface area contributed by atoms with Crippen molar-refractivity contribution in [3.63, 3.8) is 0 Å². The second-order valence-electron chi connectivity index (χ2n) is 11.2. The number of fused-ring (bicyclic) bond motifs is 1. The average Bonchev–Trinajstić information content (AvgIpc) is 3.80. The summed E-state index contributed by atoms with van der Waals surface area (Å²) in [6.07, 6.45) is 9.79. The molecule has 6 rings (SSSR count). The molecule has 0 fully saturated rings. The number of ketones is 2. The van der Waals surface area contributed by atoms with Crippen LogP contribution in [0.15, 0.2) is 73.5 Å². The van der Waals surface area contributed by atoms with Crippen LogP contribution in [0.1, 0.15) is 52.1 Å². The molecule has 1 aliphatic heterocycles. The third-order valence-corrected chi connectivity index (χ3v) is 8.48. The fraction of sp³-hybridized carbons (Fsp3) is 0.235. The smallest absolute Gasteiger partial charge is 0.247 e. The van der Waals surface area contributed by atoms with Gasteiger partial charge in [0.25, 0.3) is 0 Å². The number of aryl methyl sites for hydroxylation is 1. The molecule has 5 aromatic rings. The molecule has 1 amide bonds. The number of hydrogen-bond donors (Lipinski definition) is 1. The van der Waals surface area contributed by atoms with Crippen LogP contribution < -0.4 is 0 Å². The van der Waals surface area contributed by atoms with Crippen LogP contribution in [0.4, 0.5) is 4.39 Å². The summed E-state index contributed by atoms with van der Waals surface area (Å²) in [7, 11) is 0. The number of carbonyl (C=O) groups is 3. The summed E-state index contributed by atoms with van der Waals surface area (Å²) >= 11 is 6.08. The summed E-state index contributed by atoms with van der Waals surface area (Å²) in [6, 6.07) is 10.8. The Hall–Kier alpha value is -5.40. The van der Waals surface area contributed by atoms with Crippen molar-refractivity contribution in [1.82, 2.24) is 39.9 Å². The highest BCUT2D eigenvalue weighted by Gasteiger charge is 2.36. The van der Waals surface area contributed by atoms with Crippen LogP contribution >= 0.6 is 11.6 Å². The van der Waals surface area contributed by atoms with Crippen molar-refractivity contribution in [1.29, 1.82) is 0 Å². The van der Waals surface area contributed by atoms with Gasteiger partial charge in [-0.15, -0.1) is 5.10 Å². The van der Waals surface area contributed by atoms with Gasteiger partial charge in [0.1, 0.15) is 12.4 Å². The molecule has 1 atom stereocenters. The Morgan fingerprint density at radius 2 is 1.98 bits per heavy atom. The van der Waals surface area contributed by atoms with Gasteiger partial charge in [-0.25, -0.2) is 4.39 Å². The van der Waals surface area contributed by atoms with E-state index in [1.165, 1.54) is 53.3 Å². The number of aliphatic hydroxyl groups excluding tert-OH is 1. The van der Waals surface area contributed by atoms with Crippen molar-refractivity contribution in [3.8, 4) is 16.8 Å². The number of aliphatic hydroxyl groups is 1. The van der Waals surface area contributed by atoms with E-state index in [1.807, 2.05) is 24.4 Å². The quantitative estimate of drug-likeness (QED) is 0.161. The molecule has 1 aliphatic rings. The van der Waals surface area contributed by atoms with Crippen LogP contribution in [-0.2, 0) is 29.0 Å². The molecule has 1 unspecified atom stereocenters. The number of benzene rings is 2. The molecule has 244 valence electrons.